The number of amides is 1. The highest BCUT2D eigenvalue weighted by Gasteiger charge is 2.29. The summed E-state index contributed by atoms with van der Waals surface area (Å²) in [5.41, 5.74) is 0. The van der Waals surface area contributed by atoms with Gasteiger partial charge in [0, 0.05) is 12.5 Å². The number of carbonyl (C=O) groups excluding carboxylic acids is 1. The third-order valence-electron chi connectivity index (χ3n) is 3.23. The van der Waals surface area contributed by atoms with Gasteiger partial charge in [0.25, 0.3) is 0 Å². The van der Waals surface area contributed by atoms with Crippen LogP contribution in [-0.2, 0) is 4.79 Å². The van der Waals surface area contributed by atoms with Crippen molar-refractivity contribution < 1.29 is 4.79 Å². The maximum Gasteiger partial charge on any atom is 0.220 e. The summed E-state index contributed by atoms with van der Waals surface area (Å²) in [6, 6.07) is 0.526. The third-order valence-corrected chi connectivity index (χ3v) is 3.23. The molecule has 0 radical (unpaired) electrons. The Morgan fingerprint density at radius 2 is 1.92 bits per heavy atom. The van der Waals surface area contributed by atoms with E-state index in [-0.39, 0.29) is 5.91 Å². The summed E-state index contributed by atoms with van der Waals surface area (Å²) in [4.78, 5) is 11.3. The Hall–Kier alpha value is -0.530. The highest BCUT2D eigenvalue weighted by atomic mass is 16.1. The zero-order valence-electron chi connectivity index (χ0n) is 7.51. The van der Waals surface area contributed by atoms with Gasteiger partial charge >= 0.3 is 0 Å². The molecule has 1 amide bonds. The SMILES string of the molecule is O=C1CCCCC2CCCC2N1. The zero-order chi connectivity index (χ0) is 8.39. The second-order valence-electron chi connectivity index (χ2n) is 4.11. The van der Waals surface area contributed by atoms with E-state index < -0.39 is 0 Å². The van der Waals surface area contributed by atoms with Gasteiger partial charge < -0.3 is 5.32 Å². The Balaban J connectivity index is 1.98. The molecule has 2 rings (SSSR count). The molecule has 68 valence electrons. The summed E-state index contributed by atoms with van der Waals surface area (Å²) < 4.78 is 0. The Kier molecular flexibility index (Phi) is 2.33. The first kappa shape index (κ1) is 8.09. The van der Waals surface area contributed by atoms with Crippen LogP contribution >= 0.6 is 0 Å². The largest absolute Gasteiger partial charge is 0.353 e. The lowest BCUT2D eigenvalue weighted by Crippen LogP contribution is -2.38. The monoisotopic (exact) mass is 167 g/mol. The van der Waals surface area contributed by atoms with Crippen LogP contribution in [0.25, 0.3) is 0 Å². The van der Waals surface area contributed by atoms with E-state index in [2.05, 4.69) is 5.32 Å². The average molecular weight is 167 g/mol. The Morgan fingerprint density at radius 3 is 2.83 bits per heavy atom. The minimum absolute atomic E-state index is 0.284. The fraction of sp³-hybridized carbons (Fsp3) is 0.900. The van der Waals surface area contributed by atoms with Gasteiger partial charge in [0.1, 0.15) is 0 Å². The fourth-order valence-electron chi connectivity index (χ4n) is 2.54. The Bertz CT molecular complexity index is 179. The van der Waals surface area contributed by atoms with Gasteiger partial charge in [0.15, 0.2) is 0 Å². The molecule has 0 aromatic rings. The quantitative estimate of drug-likeness (QED) is 0.586. The van der Waals surface area contributed by atoms with E-state index in [4.69, 9.17) is 0 Å². The van der Waals surface area contributed by atoms with Crippen LogP contribution in [0.1, 0.15) is 44.9 Å². The van der Waals surface area contributed by atoms with Gasteiger partial charge in [-0.15, -0.1) is 0 Å². The van der Waals surface area contributed by atoms with Crippen molar-refractivity contribution in [2.45, 2.75) is 51.0 Å². The Morgan fingerprint density at radius 1 is 1.08 bits per heavy atom. The standard InChI is InChI=1S/C10H17NO/c12-10-7-2-1-4-8-5-3-6-9(8)11-10/h8-9H,1-7H2,(H,11,12). The minimum Gasteiger partial charge on any atom is -0.353 e. The fourth-order valence-corrected chi connectivity index (χ4v) is 2.54. The summed E-state index contributed by atoms with van der Waals surface area (Å²) in [5.74, 6) is 1.08. The number of rotatable bonds is 0. The van der Waals surface area contributed by atoms with Gasteiger partial charge in [-0.25, -0.2) is 0 Å². The van der Waals surface area contributed by atoms with Crippen LogP contribution in [0.5, 0.6) is 0 Å². The van der Waals surface area contributed by atoms with Crippen molar-refractivity contribution >= 4 is 5.91 Å². The molecule has 2 unspecified atom stereocenters. The molecule has 1 N–H and O–H groups in total. The minimum atomic E-state index is 0.284. The van der Waals surface area contributed by atoms with E-state index in [0.29, 0.717) is 6.04 Å². The number of fused-ring (bicyclic) bond motifs is 1. The molecule has 2 nitrogen and oxygen atoms in total. The van der Waals surface area contributed by atoms with Crippen molar-refractivity contribution in [1.29, 1.82) is 0 Å². The van der Waals surface area contributed by atoms with Crippen LogP contribution < -0.4 is 5.32 Å². The maximum absolute atomic E-state index is 11.3. The number of nitrogens with one attached hydrogen (secondary N) is 1. The molecule has 0 aromatic carbocycles. The molecule has 12 heavy (non-hydrogen) atoms. The summed E-state index contributed by atoms with van der Waals surface area (Å²) in [7, 11) is 0. The van der Waals surface area contributed by atoms with E-state index in [0.717, 1.165) is 18.8 Å². The van der Waals surface area contributed by atoms with Crippen LogP contribution in [-0.4, -0.2) is 11.9 Å². The predicted molar refractivity (Wildman–Crippen MR) is 47.7 cm³/mol. The normalized spacial score (nSPS) is 36.5. The molecular weight excluding hydrogens is 150 g/mol. The highest BCUT2D eigenvalue weighted by Crippen LogP contribution is 2.31. The molecule has 1 saturated carbocycles. The molecule has 2 heteroatoms. The smallest absolute Gasteiger partial charge is 0.220 e. The van der Waals surface area contributed by atoms with Crippen LogP contribution in [0, 0.1) is 5.92 Å². The molecule has 2 aliphatic rings. The number of hydrogen-bond acceptors (Lipinski definition) is 1. The van der Waals surface area contributed by atoms with E-state index in [1.165, 1.54) is 32.1 Å². The van der Waals surface area contributed by atoms with Crippen molar-refractivity contribution in [1.82, 2.24) is 5.32 Å². The first-order valence-electron chi connectivity index (χ1n) is 5.15. The van der Waals surface area contributed by atoms with Crippen LogP contribution in [0.15, 0.2) is 0 Å². The van der Waals surface area contributed by atoms with E-state index in [1.54, 1.807) is 0 Å². The van der Waals surface area contributed by atoms with E-state index in [9.17, 15) is 4.79 Å². The van der Waals surface area contributed by atoms with Gasteiger partial charge in [0.05, 0.1) is 0 Å². The van der Waals surface area contributed by atoms with Gasteiger partial charge in [0.2, 0.25) is 5.91 Å². The second-order valence-corrected chi connectivity index (χ2v) is 4.11. The summed E-state index contributed by atoms with van der Waals surface area (Å²) >= 11 is 0. The lowest BCUT2D eigenvalue weighted by Gasteiger charge is -2.23. The lowest BCUT2D eigenvalue weighted by atomic mass is 9.94. The van der Waals surface area contributed by atoms with Crippen molar-refractivity contribution in [3.8, 4) is 0 Å². The third kappa shape index (κ3) is 1.62. The zero-order valence-corrected chi connectivity index (χ0v) is 7.51. The summed E-state index contributed by atoms with van der Waals surface area (Å²) in [5, 5.41) is 3.14. The van der Waals surface area contributed by atoms with Gasteiger partial charge in [-0.1, -0.05) is 12.8 Å². The summed E-state index contributed by atoms with van der Waals surface area (Å²) in [6.07, 6.45) is 8.31. The molecule has 0 bridgehead atoms. The first-order valence-corrected chi connectivity index (χ1v) is 5.15. The van der Waals surface area contributed by atoms with Crippen molar-refractivity contribution in [2.24, 2.45) is 5.92 Å². The molecule has 1 aliphatic carbocycles. The molecule has 2 atom stereocenters. The number of hydrogen-bond donors (Lipinski definition) is 1. The van der Waals surface area contributed by atoms with E-state index in [1.807, 2.05) is 0 Å². The second kappa shape index (κ2) is 3.46. The lowest BCUT2D eigenvalue weighted by molar-refractivity contribution is -0.122. The Labute approximate surface area is 73.7 Å². The molecule has 0 aromatic heterocycles. The van der Waals surface area contributed by atoms with Crippen molar-refractivity contribution in [3.05, 3.63) is 0 Å². The van der Waals surface area contributed by atoms with Crippen molar-refractivity contribution in [2.75, 3.05) is 0 Å². The molecule has 1 heterocycles. The van der Waals surface area contributed by atoms with Crippen LogP contribution in [0.4, 0.5) is 0 Å². The van der Waals surface area contributed by atoms with Gasteiger partial charge in [-0.3, -0.25) is 4.79 Å². The van der Waals surface area contributed by atoms with Gasteiger partial charge in [-0.05, 0) is 31.6 Å². The first-order chi connectivity index (χ1) is 5.86. The van der Waals surface area contributed by atoms with Crippen LogP contribution in [0.2, 0.25) is 0 Å². The maximum atomic E-state index is 11.3. The average Bonchev–Trinajstić information content (AvgIpc) is 2.42. The number of carbonyl (C=O) groups is 1. The van der Waals surface area contributed by atoms with Crippen molar-refractivity contribution in [3.63, 3.8) is 0 Å². The van der Waals surface area contributed by atoms with E-state index >= 15 is 0 Å². The topological polar surface area (TPSA) is 29.1 Å². The highest BCUT2D eigenvalue weighted by molar-refractivity contribution is 5.76. The predicted octanol–water partition coefficient (Wildman–Crippen LogP) is 1.85. The molecule has 1 saturated heterocycles. The summed E-state index contributed by atoms with van der Waals surface area (Å²) in [6.45, 7) is 0. The van der Waals surface area contributed by atoms with Gasteiger partial charge in [-0.2, -0.15) is 0 Å². The van der Waals surface area contributed by atoms with Crippen LogP contribution in [0.3, 0.4) is 0 Å². The molecular formula is C10H17NO. The molecule has 0 spiro atoms. The molecule has 1 aliphatic heterocycles. The molecule has 2 fully saturated rings.